The van der Waals surface area contributed by atoms with Crippen molar-refractivity contribution in [1.29, 1.82) is 0 Å². The number of nitrogens with zero attached hydrogens (tertiary/aromatic N) is 3. The van der Waals surface area contributed by atoms with Crippen LogP contribution in [-0.2, 0) is 6.54 Å². The number of nitrogens with two attached hydrogens (primary N) is 1. The molecular weight excluding hydrogens is 252 g/mol. The number of anilines is 2. The Morgan fingerprint density at radius 1 is 1.39 bits per heavy atom. The first-order valence-electron chi connectivity index (χ1n) is 5.25. The number of thiazole rings is 1. The van der Waals surface area contributed by atoms with Gasteiger partial charge < -0.3 is 15.5 Å². The van der Waals surface area contributed by atoms with Crippen molar-refractivity contribution in [3.8, 4) is 5.75 Å². The van der Waals surface area contributed by atoms with E-state index in [4.69, 9.17) is 10.6 Å². The summed E-state index contributed by atoms with van der Waals surface area (Å²) < 4.78 is 5.21. The molecule has 0 fully saturated rings. The zero-order valence-electron chi connectivity index (χ0n) is 10.1. The number of nitrogen functional groups attached to an aromatic ring is 1. The lowest BCUT2D eigenvalue weighted by atomic mass is 10.4. The van der Waals surface area contributed by atoms with Crippen LogP contribution in [0, 0.1) is 6.92 Å². The number of rotatable bonds is 5. The van der Waals surface area contributed by atoms with Crippen molar-refractivity contribution >= 4 is 23.0 Å². The van der Waals surface area contributed by atoms with E-state index >= 15 is 0 Å². The van der Waals surface area contributed by atoms with Crippen molar-refractivity contribution in [2.75, 3.05) is 17.9 Å². The third-order valence-corrected chi connectivity index (χ3v) is 3.07. The van der Waals surface area contributed by atoms with E-state index in [0.29, 0.717) is 23.9 Å². The van der Waals surface area contributed by atoms with Crippen LogP contribution in [0.1, 0.15) is 10.7 Å². The molecule has 0 aliphatic rings. The molecule has 2 heterocycles. The molecule has 0 radical (unpaired) electrons. The van der Waals surface area contributed by atoms with E-state index in [0.717, 1.165) is 10.7 Å². The minimum atomic E-state index is 0.435. The fourth-order valence-electron chi connectivity index (χ4n) is 1.46. The maximum atomic E-state index is 5.35. The predicted molar refractivity (Wildman–Crippen MR) is 70.6 cm³/mol. The highest BCUT2D eigenvalue weighted by molar-refractivity contribution is 7.09. The molecule has 8 heteroatoms. The molecule has 0 saturated heterocycles. The first-order valence-corrected chi connectivity index (χ1v) is 6.13. The summed E-state index contributed by atoms with van der Waals surface area (Å²) in [6.07, 6.45) is 1.41. The number of methoxy groups -OCH3 is 1. The van der Waals surface area contributed by atoms with Gasteiger partial charge in [0.15, 0.2) is 11.6 Å². The Hall–Kier alpha value is -1.93. The predicted octanol–water partition coefficient (Wildman–Crippen LogP) is 1.15. The fraction of sp³-hybridized carbons (Fsp3) is 0.300. The van der Waals surface area contributed by atoms with Crippen molar-refractivity contribution in [2.45, 2.75) is 13.5 Å². The smallest absolute Gasteiger partial charge is 0.205 e. The molecule has 0 aromatic carbocycles. The second-order valence-corrected chi connectivity index (χ2v) is 4.52. The van der Waals surface area contributed by atoms with Crippen molar-refractivity contribution in [1.82, 2.24) is 15.0 Å². The lowest BCUT2D eigenvalue weighted by molar-refractivity contribution is 0.414. The summed E-state index contributed by atoms with van der Waals surface area (Å²) in [5.41, 5.74) is 3.42. The van der Waals surface area contributed by atoms with Crippen LogP contribution in [0.2, 0.25) is 0 Å². The third-order valence-electron chi connectivity index (χ3n) is 2.25. The van der Waals surface area contributed by atoms with E-state index in [-0.39, 0.29) is 0 Å². The van der Waals surface area contributed by atoms with Gasteiger partial charge in [0.1, 0.15) is 6.33 Å². The van der Waals surface area contributed by atoms with Gasteiger partial charge in [0, 0.05) is 5.38 Å². The Kier molecular flexibility index (Phi) is 3.90. The molecule has 0 aliphatic carbocycles. The first kappa shape index (κ1) is 12.5. The third kappa shape index (κ3) is 2.66. The van der Waals surface area contributed by atoms with Crippen LogP contribution in [0.5, 0.6) is 5.75 Å². The van der Waals surface area contributed by atoms with Gasteiger partial charge in [0.25, 0.3) is 0 Å². The standard InChI is InChI=1S/C10H14N6OS/c1-6-15-7(4-18-6)3-12-9-8(17-2)10(16-11)14-5-13-9/h4-5H,3,11H2,1-2H3,(H2,12,13,14,16). The lowest BCUT2D eigenvalue weighted by Gasteiger charge is -2.11. The van der Waals surface area contributed by atoms with Crippen LogP contribution in [0.3, 0.4) is 0 Å². The van der Waals surface area contributed by atoms with Gasteiger partial charge in [-0.2, -0.15) is 0 Å². The van der Waals surface area contributed by atoms with Crippen LogP contribution in [0.25, 0.3) is 0 Å². The minimum Gasteiger partial charge on any atom is -0.490 e. The highest BCUT2D eigenvalue weighted by Gasteiger charge is 2.11. The minimum absolute atomic E-state index is 0.435. The lowest BCUT2D eigenvalue weighted by Crippen LogP contribution is -2.12. The fourth-order valence-corrected chi connectivity index (χ4v) is 2.07. The molecule has 2 aromatic rings. The summed E-state index contributed by atoms with van der Waals surface area (Å²) in [5.74, 6) is 6.84. The van der Waals surface area contributed by atoms with Crippen molar-refractivity contribution < 1.29 is 4.74 Å². The number of hydrazine groups is 1. The molecule has 0 unspecified atom stereocenters. The van der Waals surface area contributed by atoms with E-state index in [2.05, 4.69) is 25.7 Å². The molecule has 18 heavy (non-hydrogen) atoms. The zero-order chi connectivity index (χ0) is 13.0. The van der Waals surface area contributed by atoms with Gasteiger partial charge >= 0.3 is 0 Å². The molecule has 0 bridgehead atoms. The summed E-state index contributed by atoms with van der Waals surface area (Å²) in [6, 6.07) is 0. The van der Waals surface area contributed by atoms with Gasteiger partial charge in [-0.3, -0.25) is 0 Å². The molecule has 2 rings (SSSR count). The number of hydrogen-bond donors (Lipinski definition) is 3. The molecule has 96 valence electrons. The van der Waals surface area contributed by atoms with Gasteiger partial charge in [-0.05, 0) is 6.92 Å². The Morgan fingerprint density at radius 2 is 2.17 bits per heavy atom. The quantitative estimate of drug-likeness (QED) is 0.551. The summed E-state index contributed by atoms with van der Waals surface area (Å²) >= 11 is 1.61. The average molecular weight is 266 g/mol. The molecule has 0 spiro atoms. The highest BCUT2D eigenvalue weighted by atomic mass is 32.1. The maximum absolute atomic E-state index is 5.35. The van der Waals surface area contributed by atoms with Crippen LogP contribution in [-0.4, -0.2) is 22.1 Å². The number of ether oxygens (including phenoxy) is 1. The van der Waals surface area contributed by atoms with E-state index in [1.807, 2.05) is 12.3 Å². The summed E-state index contributed by atoms with van der Waals surface area (Å²) in [4.78, 5) is 12.4. The first-order chi connectivity index (χ1) is 8.74. The molecule has 0 saturated carbocycles. The van der Waals surface area contributed by atoms with Gasteiger partial charge in [-0.25, -0.2) is 20.8 Å². The zero-order valence-corrected chi connectivity index (χ0v) is 10.9. The van der Waals surface area contributed by atoms with Crippen LogP contribution >= 0.6 is 11.3 Å². The van der Waals surface area contributed by atoms with Crippen LogP contribution < -0.4 is 21.3 Å². The molecule has 0 amide bonds. The number of aryl methyl sites for hydroxylation is 1. The Bertz CT molecular complexity index is 529. The Morgan fingerprint density at radius 3 is 2.78 bits per heavy atom. The second-order valence-electron chi connectivity index (χ2n) is 3.46. The van der Waals surface area contributed by atoms with Gasteiger partial charge in [-0.1, -0.05) is 0 Å². The number of nitrogens with one attached hydrogen (secondary N) is 2. The van der Waals surface area contributed by atoms with E-state index in [9.17, 15) is 0 Å². The normalized spacial score (nSPS) is 10.2. The molecule has 7 nitrogen and oxygen atoms in total. The molecule has 4 N–H and O–H groups in total. The summed E-state index contributed by atoms with van der Waals surface area (Å²) in [5, 5.41) is 6.17. The van der Waals surface area contributed by atoms with Crippen molar-refractivity contribution in [3.05, 3.63) is 22.4 Å². The second kappa shape index (κ2) is 5.61. The SMILES string of the molecule is COc1c(NN)ncnc1NCc1csc(C)n1. The van der Waals surface area contributed by atoms with E-state index in [1.165, 1.54) is 13.4 Å². The molecule has 0 aliphatic heterocycles. The van der Waals surface area contributed by atoms with Crippen LogP contribution in [0.4, 0.5) is 11.6 Å². The van der Waals surface area contributed by atoms with Crippen LogP contribution in [0.15, 0.2) is 11.7 Å². The maximum Gasteiger partial charge on any atom is 0.205 e. The van der Waals surface area contributed by atoms with Crippen molar-refractivity contribution in [2.24, 2.45) is 5.84 Å². The average Bonchev–Trinajstić information content (AvgIpc) is 2.81. The van der Waals surface area contributed by atoms with Crippen molar-refractivity contribution in [3.63, 3.8) is 0 Å². The van der Waals surface area contributed by atoms with E-state index in [1.54, 1.807) is 11.3 Å². The number of aromatic nitrogens is 3. The Balaban J connectivity index is 2.13. The monoisotopic (exact) mass is 266 g/mol. The van der Waals surface area contributed by atoms with E-state index < -0.39 is 0 Å². The molecule has 2 aromatic heterocycles. The highest BCUT2D eigenvalue weighted by Crippen LogP contribution is 2.28. The summed E-state index contributed by atoms with van der Waals surface area (Å²) in [7, 11) is 1.54. The topological polar surface area (TPSA) is 98.0 Å². The van der Waals surface area contributed by atoms with Gasteiger partial charge in [0.2, 0.25) is 5.75 Å². The van der Waals surface area contributed by atoms with Gasteiger partial charge in [0.05, 0.1) is 24.4 Å². The molecular formula is C10H14N6OS. The summed E-state index contributed by atoms with van der Waals surface area (Å²) in [6.45, 7) is 2.54. The molecule has 0 atom stereocenters. The largest absolute Gasteiger partial charge is 0.490 e. The Labute approximate surface area is 108 Å². The van der Waals surface area contributed by atoms with Gasteiger partial charge in [-0.15, -0.1) is 11.3 Å². The number of hydrogen-bond acceptors (Lipinski definition) is 8.